The molecule has 0 spiro atoms. The molecule has 2 unspecified atom stereocenters. The van der Waals surface area contributed by atoms with Gasteiger partial charge < -0.3 is 9.64 Å². The van der Waals surface area contributed by atoms with Crippen LogP contribution in [0.25, 0.3) is 5.70 Å². The predicted octanol–water partition coefficient (Wildman–Crippen LogP) is 2.95. The molecule has 5 rings (SSSR count). The Balaban J connectivity index is 1.58. The normalized spacial score (nSPS) is 21.1. The van der Waals surface area contributed by atoms with Gasteiger partial charge >= 0.3 is 12.0 Å². The first-order valence-corrected chi connectivity index (χ1v) is 11.6. The standard InChI is InChI=1S/C26H27N5O4/c1-5-35-21(32)15-30-24(33)22-23(28(4)26(30)34)27-25-29(22)14-20(18-9-7-6-8-10-18)31(25)19-12-16(2)11-17(3)13-19/h6-14,22-23H,5,15H2,1-4H3. The minimum atomic E-state index is -0.781. The first-order chi connectivity index (χ1) is 16.8. The molecule has 0 radical (unpaired) electrons. The molecule has 180 valence electrons. The first kappa shape index (κ1) is 22.6. The van der Waals surface area contributed by atoms with E-state index >= 15 is 0 Å². The number of ether oxygens (including phenoxy) is 1. The van der Waals surface area contributed by atoms with Crippen LogP contribution < -0.4 is 4.90 Å². The number of rotatable bonds is 5. The number of carbonyl (C=O) groups excluding carboxylic acids is 3. The Hall–Kier alpha value is -4.14. The largest absolute Gasteiger partial charge is 0.465 e. The maximum atomic E-state index is 13.5. The number of benzene rings is 2. The Morgan fingerprint density at radius 1 is 1.06 bits per heavy atom. The lowest BCUT2D eigenvalue weighted by Gasteiger charge is -2.39. The Morgan fingerprint density at radius 3 is 2.40 bits per heavy atom. The molecule has 35 heavy (non-hydrogen) atoms. The van der Waals surface area contributed by atoms with Crippen LogP contribution in [-0.4, -0.2) is 71.0 Å². The van der Waals surface area contributed by atoms with Crippen molar-refractivity contribution in [3.63, 3.8) is 0 Å². The molecule has 1 saturated heterocycles. The smallest absolute Gasteiger partial charge is 0.328 e. The number of fused-ring (bicyclic) bond motifs is 3. The summed E-state index contributed by atoms with van der Waals surface area (Å²) in [6.07, 6.45) is 1.20. The van der Waals surface area contributed by atoms with Crippen LogP contribution in [0.3, 0.4) is 0 Å². The van der Waals surface area contributed by atoms with Gasteiger partial charge in [0.2, 0.25) is 5.96 Å². The minimum absolute atomic E-state index is 0.171. The molecule has 3 aliphatic heterocycles. The molecule has 3 heterocycles. The van der Waals surface area contributed by atoms with Gasteiger partial charge in [-0.2, -0.15) is 0 Å². The number of carbonyl (C=O) groups is 3. The number of anilines is 1. The minimum Gasteiger partial charge on any atom is -0.465 e. The molecule has 9 nitrogen and oxygen atoms in total. The van der Waals surface area contributed by atoms with E-state index in [0.717, 1.165) is 33.0 Å². The number of likely N-dealkylation sites (N-methyl/N-ethyl adjacent to an activating group) is 1. The molecule has 1 fully saturated rings. The zero-order valence-electron chi connectivity index (χ0n) is 20.1. The van der Waals surface area contributed by atoms with Crippen molar-refractivity contribution in [2.75, 3.05) is 25.1 Å². The summed E-state index contributed by atoms with van der Waals surface area (Å²) in [7, 11) is 1.60. The summed E-state index contributed by atoms with van der Waals surface area (Å²) >= 11 is 0. The summed E-state index contributed by atoms with van der Waals surface area (Å²) in [4.78, 5) is 49.7. The highest BCUT2D eigenvalue weighted by atomic mass is 16.5. The van der Waals surface area contributed by atoms with E-state index < -0.39 is 36.7 Å². The third-order valence-electron chi connectivity index (χ3n) is 6.34. The zero-order valence-corrected chi connectivity index (χ0v) is 20.1. The topological polar surface area (TPSA) is 85.8 Å². The van der Waals surface area contributed by atoms with Crippen LogP contribution in [0.4, 0.5) is 10.5 Å². The van der Waals surface area contributed by atoms with Crippen molar-refractivity contribution in [2.45, 2.75) is 33.0 Å². The van der Waals surface area contributed by atoms with Crippen LogP contribution in [0.15, 0.2) is 59.7 Å². The van der Waals surface area contributed by atoms with Gasteiger partial charge in [0.1, 0.15) is 6.54 Å². The van der Waals surface area contributed by atoms with Crippen molar-refractivity contribution >= 4 is 35.3 Å². The van der Waals surface area contributed by atoms with Crippen LogP contribution in [0, 0.1) is 13.8 Å². The van der Waals surface area contributed by atoms with Gasteiger partial charge in [0, 0.05) is 24.5 Å². The monoisotopic (exact) mass is 473 g/mol. The predicted molar refractivity (Wildman–Crippen MR) is 131 cm³/mol. The molecule has 2 atom stereocenters. The number of esters is 1. The summed E-state index contributed by atoms with van der Waals surface area (Å²) in [6, 6.07) is 14.8. The van der Waals surface area contributed by atoms with E-state index in [0.29, 0.717) is 5.96 Å². The third kappa shape index (κ3) is 3.73. The number of hydrogen-bond donors (Lipinski definition) is 0. The molecule has 0 N–H and O–H groups in total. The Labute approximate surface area is 203 Å². The van der Waals surface area contributed by atoms with Crippen molar-refractivity contribution in [3.05, 3.63) is 71.4 Å². The van der Waals surface area contributed by atoms with Crippen LogP contribution in [-0.2, 0) is 14.3 Å². The maximum Gasteiger partial charge on any atom is 0.328 e. The van der Waals surface area contributed by atoms with Crippen molar-refractivity contribution in [2.24, 2.45) is 4.99 Å². The van der Waals surface area contributed by atoms with Crippen molar-refractivity contribution in [1.29, 1.82) is 0 Å². The van der Waals surface area contributed by atoms with Gasteiger partial charge in [-0.3, -0.25) is 24.3 Å². The molecule has 0 saturated carbocycles. The second-order valence-corrected chi connectivity index (χ2v) is 8.88. The lowest BCUT2D eigenvalue weighted by atomic mass is 10.1. The second kappa shape index (κ2) is 8.57. The van der Waals surface area contributed by atoms with E-state index in [1.54, 1.807) is 14.0 Å². The fourth-order valence-corrected chi connectivity index (χ4v) is 4.86. The highest BCUT2D eigenvalue weighted by Crippen LogP contribution is 2.40. The lowest BCUT2D eigenvalue weighted by molar-refractivity contribution is -0.150. The van der Waals surface area contributed by atoms with Crippen LogP contribution in [0.5, 0.6) is 0 Å². The van der Waals surface area contributed by atoms with Crippen molar-refractivity contribution in [3.8, 4) is 0 Å². The average Bonchev–Trinajstić information content (AvgIpc) is 3.37. The van der Waals surface area contributed by atoms with Crippen molar-refractivity contribution in [1.82, 2.24) is 14.7 Å². The number of aryl methyl sites for hydroxylation is 2. The number of urea groups is 1. The van der Waals surface area contributed by atoms with Gasteiger partial charge in [-0.1, -0.05) is 36.4 Å². The molecule has 3 aliphatic rings. The molecule has 9 heteroatoms. The first-order valence-electron chi connectivity index (χ1n) is 11.6. The fourth-order valence-electron chi connectivity index (χ4n) is 4.86. The molecule has 0 aromatic heterocycles. The van der Waals surface area contributed by atoms with Gasteiger partial charge in [-0.15, -0.1) is 0 Å². The number of nitrogens with zero attached hydrogens (tertiary/aromatic N) is 5. The highest BCUT2D eigenvalue weighted by Gasteiger charge is 2.55. The highest BCUT2D eigenvalue weighted by molar-refractivity contribution is 6.16. The van der Waals surface area contributed by atoms with Crippen molar-refractivity contribution < 1.29 is 19.1 Å². The summed E-state index contributed by atoms with van der Waals surface area (Å²) < 4.78 is 4.98. The quantitative estimate of drug-likeness (QED) is 0.621. The molecular formula is C26H27N5O4. The molecular weight excluding hydrogens is 446 g/mol. The van der Waals surface area contributed by atoms with E-state index in [1.165, 1.54) is 4.90 Å². The number of hydrogen-bond acceptors (Lipinski definition) is 7. The van der Waals surface area contributed by atoms with Gasteiger partial charge in [-0.05, 0) is 44.0 Å². The second-order valence-electron chi connectivity index (χ2n) is 8.88. The maximum absolute atomic E-state index is 13.5. The zero-order chi connectivity index (χ0) is 24.9. The van der Waals surface area contributed by atoms with Gasteiger partial charge in [0.15, 0.2) is 12.2 Å². The molecule has 0 bridgehead atoms. The Kier molecular flexibility index (Phi) is 5.55. The van der Waals surface area contributed by atoms with Crippen LogP contribution in [0.1, 0.15) is 23.6 Å². The summed E-state index contributed by atoms with van der Waals surface area (Å²) in [6.45, 7) is 5.49. The molecule has 2 aromatic rings. The summed E-state index contributed by atoms with van der Waals surface area (Å²) in [5, 5.41) is 0. The van der Waals surface area contributed by atoms with Crippen LogP contribution in [0.2, 0.25) is 0 Å². The summed E-state index contributed by atoms with van der Waals surface area (Å²) in [5.74, 6) is -0.537. The fraction of sp³-hybridized carbons (Fsp3) is 0.308. The van der Waals surface area contributed by atoms with E-state index in [2.05, 4.69) is 18.2 Å². The van der Waals surface area contributed by atoms with E-state index in [1.807, 2.05) is 60.2 Å². The SMILES string of the molecule is CCOC(=O)CN1C(=O)C2C(N=C3N(c4cc(C)cc(C)c4)C(c4ccccc4)=CN32)N(C)C1=O. The van der Waals surface area contributed by atoms with Gasteiger partial charge in [0.25, 0.3) is 5.91 Å². The van der Waals surface area contributed by atoms with Crippen LogP contribution >= 0.6 is 0 Å². The molecule has 3 amide bonds. The van der Waals surface area contributed by atoms with E-state index in [-0.39, 0.29) is 6.61 Å². The molecule has 2 aromatic carbocycles. The number of imide groups is 1. The third-order valence-corrected chi connectivity index (χ3v) is 6.34. The number of guanidine groups is 1. The lowest BCUT2D eigenvalue weighted by Crippen LogP contribution is -2.65. The van der Waals surface area contributed by atoms with E-state index in [9.17, 15) is 14.4 Å². The summed E-state index contributed by atoms with van der Waals surface area (Å²) in [5.41, 5.74) is 4.97. The Morgan fingerprint density at radius 2 is 1.74 bits per heavy atom. The number of aliphatic imine (C=N–C) groups is 1. The molecule has 0 aliphatic carbocycles. The van der Waals surface area contributed by atoms with E-state index in [4.69, 9.17) is 9.73 Å². The average molecular weight is 474 g/mol. The van der Waals surface area contributed by atoms with Gasteiger partial charge in [-0.25, -0.2) is 9.79 Å². The Bertz CT molecular complexity index is 1250. The van der Waals surface area contributed by atoms with Gasteiger partial charge in [0.05, 0.1) is 12.3 Å². The number of amides is 3.